The van der Waals surface area contributed by atoms with E-state index in [4.69, 9.17) is 0 Å². The smallest absolute Gasteiger partial charge is 0.140 e. The molecule has 0 aromatic heterocycles. The van der Waals surface area contributed by atoms with Crippen LogP contribution in [-0.2, 0) is 0 Å². The Morgan fingerprint density at radius 1 is 1.25 bits per heavy atom. The second kappa shape index (κ2) is 3.61. The lowest BCUT2D eigenvalue weighted by atomic mass is 9.83. The maximum absolute atomic E-state index is 4.50. The lowest BCUT2D eigenvalue weighted by Crippen LogP contribution is -2.17. The zero-order valence-corrected chi connectivity index (χ0v) is 9.07. The van der Waals surface area contributed by atoms with Crippen LogP contribution in [0.3, 0.4) is 0 Å². The normalized spacial score (nSPS) is 10.7. The van der Waals surface area contributed by atoms with Crippen LogP contribution in [0.5, 0.6) is 0 Å². The van der Waals surface area contributed by atoms with Gasteiger partial charge in [0.15, 0.2) is 0 Å². The molecule has 0 N–H and O–H groups in total. The Hall–Kier alpha value is -0.300. The van der Waals surface area contributed by atoms with Gasteiger partial charge < -0.3 is 0 Å². The first-order valence-electron chi connectivity index (χ1n) is 4.32. The number of benzene rings is 1. The van der Waals surface area contributed by atoms with Crippen molar-refractivity contribution in [1.29, 1.82) is 0 Å². The summed E-state index contributed by atoms with van der Waals surface area (Å²) in [5.74, 6) is 0.566. The van der Waals surface area contributed by atoms with Crippen LogP contribution in [0, 0.1) is 0 Å². The minimum absolute atomic E-state index is 0.566. The maximum Gasteiger partial charge on any atom is 0.140 e. The van der Waals surface area contributed by atoms with Gasteiger partial charge in [0.2, 0.25) is 0 Å². The Labute approximate surface area is 82.0 Å². The topological polar surface area (TPSA) is 0 Å². The molecule has 1 aromatic carbocycles. The first-order chi connectivity index (χ1) is 5.52. The standard InChI is InChI=1S/C9H14B2S/c1-5(2)7-3-6(10)4-8(11)9(7)12/h3-5,12H,10-11H2,1-2H3. The van der Waals surface area contributed by atoms with Crippen molar-refractivity contribution >= 4 is 39.2 Å². The Kier molecular flexibility index (Phi) is 2.94. The van der Waals surface area contributed by atoms with Gasteiger partial charge in [0.25, 0.3) is 0 Å². The molecule has 0 unspecified atom stereocenters. The molecule has 0 aliphatic rings. The van der Waals surface area contributed by atoms with Crippen LogP contribution in [0.1, 0.15) is 25.3 Å². The zero-order chi connectivity index (χ0) is 9.30. The average Bonchev–Trinajstić information content (AvgIpc) is 1.96. The van der Waals surface area contributed by atoms with Gasteiger partial charge in [-0.25, -0.2) is 0 Å². The van der Waals surface area contributed by atoms with Gasteiger partial charge in [-0.15, -0.1) is 12.6 Å². The van der Waals surface area contributed by atoms with Gasteiger partial charge in [-0.3, -0.25) is 0 Å². The summed E-state index contributed by atoms with van der Waals surface area (Å²) >= 11 is 4.50. The van der Waals surface area contributed by atoms with Crippen LogP contribution in [-0.4, -0.2) is 15.7 Å². The molecule has 0 aliphatic heterocycles. The van der Waals surface area contributed by atoms with Gasteiger partial charge in [0.05, 0.1) is 0 Å². The van der Waals surface area contributed by atoms with Gasteiger partial charge in [-0.2, -0.15) is 0 Å². The maximum atomic E-state index is 4.50. The van der Waals surface area contributed by atoms with Gasteiger partial charge in [0.1, 0.15) is 15.7 Å². The van der Waals surface area contributed by atoms with E-state index in [0.717, 1.165) is 4.90 Å². The van der Waals surface area contributed by atoms with Gasteiger partial charge in [-0.1, -0.05) is 36.9 Å². The van der Waals surface area contributed by atoms with Crippen LogP contribution >= 0.6 is 12.6 Å². The van der Waals surface area contributed by atoms with Crippen LogP contribution in [0.15, 0.2) is 17.0 Å². The monoisotopic (exact) mass is 176 g/mol. The second-order valence-electron chi connectivity index (χ2n) is 3.67. The second-order valence-corrected chi connectivity index (χ2v) is 4.12. The summed E-state index contributed by atoms with van der Waals surface area (Å²) in [5.41, 5.74) is 3.96. The van der Waals surface area contributed by atoms with Crippen LogP contribution in [0.25, 0.3) is 0 Å². The molecule has 0 saturated carbocycles. The minimum Gasteiger partial charge on any atom is -0.144 e. The molecule has 0 radical (unpaired) electrons. The van der Waals surface area contributed by atoms with Crippen molar-refractivity contribution in [3.8, 4) is 0 Å². The molecule has 0 nitrogen and oxygen atoms in total. The number of thiol groups is 1. The molecule has 12 heavy (non-hydrogen) atoms. The first-order valence-corrected chi connectivity index (χ1v) is 4.77. The Morgan fingerprint density at radius 2 is 1.83 bits per heavy atom. The van der Waals surface area contributed by atoms with Gasteiger partial charge in [-0.05, 0) is 11.5 Å². The fraction of sp³-hybridized carbons (Fsp3) is 0.333. The lowest BCUT2D eigenvalue weighted by molar-refractivity contribution is 0.847. The van der Waals surface area contributed by atoms with E-state index in [0.29, 0.717) is 5.92 Å². The summed E-state index contributed by atoms with van der Waals surface area (Å²) in [5, 5.41) is 0. The highest BCUT2D eigenvalue weighted by Gasteiger charge is 2.06. The zero-order valence-electron chi connectivity index (χ0n) is 8.18. The fourth-order valence-electron chi connectivity index (χ4n) is 1.43. The molecule has 0 saturated heterocycles. The molecular weight excluding hydrogens is 162 g/mol. The summed E-state index contributed by atoms with van der Waals surface area (Å²) < 4.78 is 0. The molecule has 0 bridgehead atoms. The van der Waals surface area contributed by atoms with Crippen LogP contribution in [0.4, 0.5) is 0 Å². The van der Waals surface area contributed by atoms with Crippen molar-refractivity contribution in [3.63, 3.8) is 0 Å². The third-order valence-electron chi connectivity index (χ3n) is 2.10. The molecule has 0 amide bonds. The molecule has 0 fully saturated rings. The third kappa shape index (κ3) is 1.89. The average molecular weight is 176 g/mol. The molecule has 1 aromatic rings. The van der Waals surface area contributed by atoms with Crippen molar-refractivity contribution in [2.24, 2.45) is 0 Å². The van der Waals surface area contributed by atoms with E-state index < -0.39 is 0 Å². The van der Waals surface area contributed by atoms with E-state index in [2.05, 4.69) is 54.3 Å². The molecule has 0 spiro atoms. The summed E-state index contributed by atoms with van der Waals surface area (Å²) in [6.07, 6.45) is 0. The van der Waals surface area contributed by atoms with Crippen molar-refractivity contribution in [1.82, 2.24) is 0 Å². The molecule has 3 heteroatoms. The highest BCUT2D eigenvalue weighted by Crippen LogP contribution is 2.18. The Balaban J connectivity index is 3.28. The van der Waals surface area contributed by atoms with E-state index in [1.54, 1.807) is 0 Å². The first kappa shape index (κ1) is 9.79. The lowest BCUT2D eigenvalue weighted by Gasteiger charge is -2.12. The van der Waals surface area contributed by atoms with E-state index >= 15 is 0 Å². The Morgan fingerprint density at radius 3 is 2.33 bits per heavy atom. The van der Waals surface area contributed by atoms with E-state index in [-0.39, 0.29) is 0 Å². The SMILES string of the molecule is Bc1cc(B)c(S)c(C(C)C)c1. The molecule has 62 valence electrons. The molecule has 0 heterocycles. The third-order valence-corrected chi connectivity index (χ3v) is 2.71. The summed E-state index contributed by atoms with van der Waals surface area (Å²) in [4.78, 5) is 1.15. The Bertz CT molecular complexity index is 295. The van der Waals surface area contributed by atoms with Crippen LogP contribution < -0.4 is 10.9 Å². The molecule has 0 atom stereocenters. The van der Waals surface area contributed by atoms with Gasteiger partial charge >= 0.3 is 0 Å². The molecular formula is C9H14B2S. The summed E-state index contributed by atoms with van der Waals surface area (Å²) in [6, 6.07) is 4.40. The predicted molar refractivity (Wildman–Crippen MR) is 64.1 cm³/mol. The summed E-state index contributed by atoms with van der Waals surface area (Å²) in [7, 11) is 4.24. The van der Waals surface area contributed by atoms with E-state index in [9.17, 15) is 0 Å². The number of hydrogen-bond acceptors (Lipinski definition) is 1. The number of rotatable bonds is 1. The van der Waals surface area contributed by atoms with E-state index in [1.807, 2.05) is 0 Å². The van der Waals surface area contributed by atoms with Crippen molar-refractivity contribution in [2.75, 3.05) is 0 Å². The van der Waals surface area contributed by atoms with E-state index in [1.165, 1.54) is 16.5 Å². The predicted octanol–water partition coefficient (Wildman–Crippen LogP) is -0.385. The van der Waals surface area contributed by atoms with Crippen molar-refractivity contribution in [2.45, 2.75) is 24.7 Å². The van der Waals surface area contributed by atoms with Crippen molar-refractivity contribution in [3.05, 3.63) is 17.7 Å². The van der Waals surface area contributed by atoms with Gasteiger partial charge in [0, 0.05) is 4.90 Å². The fourth-order valence-corrected chi connectivity index (χ4v) is 1.82. The van der Waals surface area contributed by atoms with Crippen molar-refractivity contribution < 1.29 is 0 Å². The molecule has 1 rings (SSSR count). The highest BCUT2D eigenvalue weighted by atomic mass is 32.1. The number of hydrogen-bond donors (Lipinski definition) is 1. The van der Waals surface area contributed by atoms with Crippen LogP contribution in [0.2, 0.25) is 0 Å². The quantitative estimate of drug-likeness (QED) is 0.437. The highest BCUT2D eigenvalue weighted by molar-refractivity contribution is 7.80. The minimum atomic E-state index is 0.566. The largest absolute Gasteiger partial charge is 0.144 e. The molecule has 0 aliphatic carbocycles. The summed E-state index contributed by atoms with van der Waals surface area (Å²) in [6.45, 7) is 4.40.